The molecule has 1 heterocycles. The van der Waals surface area contributed by atoms with Gasteiger partial charge in [0.15, 0.2) is 0 Å². The van der Waals surface area contributed by atoms with Gasteiger partial charge in [-0.15, -0.1) is 11.6 Å². The Morgan fingerprint density at radius 3 is 2.72 bits per heavy atom. The molecule has 0 unspecified atom stereocenters. The minimum Gasteiger partial charge on any atom is -0.369 e. The third kappa shape index (κ3) is 2.96. The van der Waals surface area contributed by atoms with E-state index in [-0.39, 0.29) is 5.91 Å². The number of primary amides is 1. The molecule has 0 saturated carbocycles. The number of alkyl halides is 1. The van der Waals surface area contributed by atoms with Crippen LogP contribution in [0.1, 0.15) is 41.8 Å². The second-order valence-electron chi connectivity index (χ2n) is 4.70. The van der Waals surface area contributed by atoms with Gasteiger partial charge in [0.25, 0.3) is 0 Å². The summed E-state index contributed by atoms with van der Waals surface area (Å²) in [5, 5.41) is 0. The maximum absolute atomic E-state index is 11.1. The Balaban J connectivity index is 2.29. The molecular formula is C14H19ClN2O. The van der Waals surface area contributed by atoms with Crippen molar-refractivity contribution in [3.63, 3.8) is 0 Å². The molecule has 0 saturated heterocycles. The summed E-state index contributed by atoms with van der Waals surface area (Å²) < 4.78 is 0. The van der Waals surface area contributed by atoms with Gasteiger partial charge in [0, 0.05) is 17.3 Å². The maximum Gasteiger partial charge on any atom is 0.223 e. The normalized spacial score (nSPS) is 14.9. The van der Waals surface area contributed by atoms with Crippen LogP contribution in [-0.2, 0) is 24.1 Å². The first kappa shape index (κ1) is 13.2. The Morgan fingerprint density at radius 2 is 2.06 bits per heavy atom. The molecule has 0 aliphatic heterocycles. The molecule has 0 fully saturated rings. The molecule has 3 nitrogen and oxygen atoms in total. The summed E-state index contributed by atoms with van der Waals surface area (Å²) in [5.41, 5.74) is 10.1. The quantitative estimate of drug-likeness (QED) is 0.791. The van der Waals surface area contributed by atoms with E-state index in [2.05, 4.69) is 17.1 Å². The van der Waals surface area contributed by atoms with E-state index in [0.717, 1.165) is 30.7 Å². The standard InChI is InChI=1S/C14H19ClN2O/c15-8-4-3-7-12-10-5-1-2-6-11(10)13(17-12)9-14(16)18/h3,7,17H,1-2,4-6,8-9H2,(H2,16,18)/b7-3-. The Labute approximate surface area is 112 Å². The molecule has 1 amide bonds. The van der Waals surface area contributed by atoms with Crippen LogP contribution in [0.2, 0.25) is 0 Å². The zero-order valence-electron chi connectivity index (χ0n) is 10.5. The van der Waals surface area contributed by atoms with E-state index in [9.17, 15) is 4.79 Å². The van der Waals surface area contributed by atoms with E-state index >= 15 is 0 Å². The number of nitrogens with two attached hydrogens (primary N) is 1. The fourth-order valence-corrected chi connectivity index (χ4v) is 2.71. The molecule has 1 aliphatic carbocycles. The van der Waals surface area contributed by atoms with Gasteiger partial charge in [0.1, 0.15) is 0 Å². The number of aromatic nitrogens is 1. The van der Waals surface area contributed by atoms with Gasteiger partial charge in [-0.05, 0) is 49.3 Å². The average Bonchev–Trinajstić information content (AvgIpc) is 2.68. The van der Waals surface area contributed by atoms with Crippen molar-refractivity contribution in [3.8, 4) is 0 Å². The van der Waals surface area contributed by atoms with E-state index in [1.807, 2.05) is 0 Å². The van der Waals surface area contributed by atoms with Gasteiger partial charge in [0.05, 0.1) is 6.42 Å². The Kier molecular flexibility index (Phi) is 4.48. The molecule has 98 valence electrons. The van der Waals surface area contributed by atoms with Crippen molar-refractivity contribution in [2.45, 2.75) is 38.5 Å². The van der Waals surface area contributed by atoms with Crippen LogP contribution in [0.5, 0.6) is 0 Å². The lowest BCUT2D eigenvalue weighted by molar-refractivity contribution is -0.117. The van der Waals surface area contributed by atoms with Gasteiger partial charge in [-0.3, -0.25) is 4.79 Å². The minimum atomic E-state index is -0.277. The summed E-state index contributed by atoms with van der Waals surface area (Å²) in [5.74, 6) is 0.356. The summed E-state index contributed by atoms with van der Waals surface area (Å²) in [6.45, 7) is 0. The molecule has 4 heteroatoms. The zero-order valence-corrected chi connectivity index (χ0v) is 11.2. The van der Waals surface area contributed by atoms with Crippen LogP contribution in [0, 0.1) is 0 Å². The molecule has 0 bridgehead atoms. The number of amides is 1. The highest BCUT2D eigenvalue weighted by Gasteiger charge is 2.19. The van der Waals surface area contributed by atoms with Gasteiger partial charge in [0.2, 0.25) is 5.91 Å². The lowest BCUT2D eigenvalue weighted by Gasteiger charge is -2.12. The Hall–Kier alpha value is -1.22. The van der Waals surface area contributed by atoms with Crippen molar-refractivity contribution in [1.29, 1.82) is 0 Å². The van der Waals surface area contributed by atoms with E-state index < -0.39 is 0 Å². The number of carbonyl (C=O) groups excluding carboxylic acids is 1. The first-order chi connectivity index (χ1) is 8.72. The van der Waals surface area contributed by atoms with Crippen LogP contribution in [0.15, 0.2) is 6.08 Å². The van der Waals surface area contributed by atoms with Crippen molar-refractivity contribution in [3.05, 3.63) is 28.6 Å². The highest BCUT2D eigenvalue weighted by Crippen LogP contribution is 2.28. The lowest BCUT2D eigenvalue weighted by Crippen LogP contribution is -2.15. The molecule has 3 N–H and O–H groups in total. The maximum atomic E-state index is 11.1. The molecule has 1 aliphatic rings. The SMILES string of the molecule is NC(=O)Cc1[nH]c(/C=C\CCCl)c2c1CCCC2. The average molecular weight is 267 g/mol. The highest BCUT2D eigenvalue weighted by atomic mass is 35.5. The van der Waals surface area contributed by atoms with Crippen molar-refractivity contribution >= 4 is 23.6 Å². The van der Waals surface area contributed by atoms with Crippen LogP contribution in [0.25, 0.3) is 6.08 Å². The Bertz CT molecular complexity index is 463. The first-order valence-electron chi connectivity index (χ1n) is 6.45. The van der Waals surface area contributed by atoms with Crippen LogP contribution in [0.3, 0.4) is 0 Å². The first-order valence-corrected chi connectivity index (χ1v) is 6.99. The second kappa shape index (κ2) is 6.10. The fourth-order valence-electron chi connectivity index (χ4n) is 2.58. The minimum absolute atomic E-state index is 0.277. The summed E-state index contributed by atoms with van der Waals surface area (Å²) in [4.78, 5) is 14.4. The summed E-state index contributed by atoms with van der Waals surface area (Å²) in [7, 11) is 0. The van der Waals surface area contributed by atoms with Gasteiger partial charge in [-0.25, -0.2) is 0 Å². The molecule has 1 aromatic rings. The third-order valence-electron chi connectivity index (χ3n) is 3.35. The number of hydrogen-bond donors (Lipinski definition) is 2. The molecular weight excluding hydrogens is 248 g/mol. The molecule has 0 atom stereocenters. The number of allylic oxidation sites excluding steroid dienone is 1. The van der Waals surface area contributed by atoms with E-state index in [1.54, 1.807) is 0 Å². The van der Waals surface area contributed by atoms with E-state index in [0.29, 0.717) is 12.3 Å². The van der Waals surface area contributed by atoms with Crippen LogP contribution < -0.4 is 5.73 Å². The molecule has 0 spiro atoms. The number of halogens is 1. The molecule has 18 heavy (non-hydrogen) atoms. The molecule has 1 aromatic heterocycles. The van der Waals surface area contributed by atoms with E-state index in [4.69, 9.17) is 17.3 Å². The number of aromatic amines is 1. The van der Waals surface area contributed by atoms with Crippen molar-refractivity contribution in [1.82, 2.24) is 4.98 Å². The van der Waals surface area contributed by atoms with Gasteiger partial charge < -0.3 is 10.7 Å². The molecule has 2 rings (SSSR count). The molecule has 0 aromatic carbocycles. The monoisotopic (exact) mass is 266 g/mol. The van der Waals surface area contributed by atoms with Crippen molar-refractivity contribution < 1.29 is 4.79 Å². The summed E-state index contributed by atoms with van der Waals surface area (Å²) >= 11 is 5.66. The van der Waals surface area contributed by atoms with Crippen LogP contribution >= 0.6 is 11.6 Å². The number of rotatable bonds is 5. The number of H-pyrrole nitrogens is 1. The smallest absolute Gasteiger partial charge is 0.223 e. The van der Waals surface area contributed by atoms with Gasteiger partial charge >= 0.3 is 0 Å². The number of carbonyl (C=O) groups is 1. The fraction of sp³-hybridized carbons (Fsp3) is 0.500. The number of hydrogen-bond acceptors (Lipinski definition) is 1. The predicted molar refractivity (Wildman–Crippen MR) is 74.7 cm³/mol. The predicted octanol–water partition coefficient (Wildman–Crippen LogP) is 2.56. The summed E-state index contributed by atoms with van der Waals surface area (Å²) in [6, 6.07) is 0. The van der Waals surface area contributed by atoms with Crippen LogP contribution in [0.4, 0.5) is 0 Å². The topological polar surface area (TPSA) is 58.9 Å². The number of fused-ring (bicyclic) bond motifs is 1. The van der Waals surface area contributed by atoms with Crippen molar-refractivity contribution in [2.24, 2.45) is 5.73 Å². The molecule has 0 radical (unpaired) electrons. The Morgan fingerprint density at radius 1 is 1.33 bits per heavy atom. The van der Waals surface area contributed by atoms with Crippen LogP contribution in [-0.4, -0.2) is 16.8 Å². The second-order valence-corrected chi connectivity index (χ2v) is 5.08. The zero-order chi connectivity index (χ0) is 13.0. The highest BCUT2D eigenvalue weighted by molar-refractivity contribution is 6.17. The van der Waals surface area contributed by atoms with Gasteiger partial charge in [-0.2, -0.15) is 0 Å². The third-order valence-corrected chi connectivity index (χ3v) is 3.57. The lowest BCUT2D eigenvalue weighted by atomic mass is 9.91. The van der Waals surface area contributed by atoms with Crippen molar-refractivity contribution in [2.75, 3.05) is 5.88 Å². The van der Waals surface area contributed by atoms with Gasteiger partial charge in [-0.1, -0.05) is 6.08 Å². The van der Waals surface area contributed by atoms with E-state index in [1.165, 1.54) is 24.0 Å². The summed E-state index contributed by atoms with van der Waals surface area (Å²) in [6.07, 6.45) is 9.88. The number of nitrogens with one attached hydrogen (secondary N) is 1. The largest absolute Gasteiger partial charge is 0.369 e.